The first-order valence-electron chi connectivity index (χ1n) is 7.79. The fourth-order valence-corrected chi connectivity index (χ4v) is 5.09. The molecule has 11 heteroatoms. The van der Waals surface area contributed by atoms with E-state index in [1.165, 1.54) is 29.8 Å². The molecule has 1 aromatic heterocycles. The van der Waals surface area contributed by atoms with Crippen LogP contribution in [-0.2, 0) is 9.59 Å². The summed E-state index contributed by atoms with van der Waals surface area (Å²) in [5, 5.41) is 23.2. The van der Waals surface area contributed by atoms with E-state index < -0.39 is 29.8 Å². The van der Waals surface area contributed by atoms with Crippen LogP contribution in [0.4, 0.5) is 0 Å². The number of carboxylic acids is 1. The van der Waals surface area contributed by atoms with Crippen molar-refractivity contribution in [2.45, 2.75) is 26.0 Å². The number of rotatable bonds is 6. The zero-order valence-electron chi connectivity index (χ0n) is 14.9. The summed E-state index contributed by atoms with van der Waals surface area (Å²) in [6.07, 6.45) is 2.33. The summed E-state index contributed by atoms with van der Waals surface area (Å²) in [7, 11) is 0. The maximum atomic E-state index is 12.2. The minimum Gasteiger partial charge on any atom is -0.543 e. The van der Waals surface area contributed by atoms with E-state index in [1.807, 2.05) is 6.92 Å². The summed E-state index contributed by atoms with van der Waals surface area (Å²) in [5.41, 5.74) is 5.02. The third kappa shape index (κ3) is 3.87. The molecule has 138 valence electrons. The van der Waals surface area contributed by atoms with E-state index in [2.05, 4.69) is 4.98 Å². The SMILES string of the molecule is C[C@@H](O)[C@H]1C(=O)N2C(C(=O)[O-])=C(S/C=C\c3cnc(C(N)=O)s3)[C@H](C)[C@H]12.[Na+]. The van der Waals surface area contributed by atoms with Gasteiger partial charge in [0.1, 0.15) is 0 Å². The normalized spacial score (nSPS) is 25.2. The Bertz CT molecular complexity index is 851. The van der Waals surface area contributed by atoms with Gasteiger partial charge in [-0.15, -0.1) is 11.3 Å². The van der Waals surface area contributed by atoms with Crippen molar-refractivity contribution >= 4 is 47.0 Å². The summed E-state index contributed by atoms with van der Waals surface area (Å²) in [6, 6.07) is -0.379. The molecular formula is C16H16N3NaO5S2. The number of amides is 2. The number of hydrogen-bond acceptors (Lipinski definition) is 8. The molecule has 0 spiro atoms. The molecule has 0 saturated carbocycles. The van der Waals surface area contributed by atoms with E-state index in [9.17, 15) is 24.6 Å². The summed E-state index contributed by atoms with van der Waals surface area (Å²) in [6.45, 7) is 3.35. The predicted octanol–water partition coefficient (Wildman–Crippen LogP) is -3.23. The number of aliphatic hydroxyl groups is 1. The van der Waals surface area contributed by atoms with Crippen LogP contribution in [-0.4, -0.2) is 44.9 Å². The van der Waals surface area contributed by atoms with E-state index in [0.717, 1.165) is 11.3 Å². The van der Waals surface area contributed by atoms with Gasteiger partial charge in [-0.25, -0.2) is 4.98 Å². The quantitative estimate of drug-likeness (QED) is 0.367. The molecule has 0 unspecified atom stereocenters. The fraction of sp³-hybridized carbons (Fsp3) is 0.375. The first-order valence-corrected chi connectivity index (χ1v) is 9.49. The fourth-order valence-electron chi connectivity index (χ4n) is 3.32. The van der Waals surface area contributed by atoms with E-state index in [1.54, 1.807) is 11.5 Å². The maximum Gasteiger partial charge on any atom is 1.00 e. The Morgan fingerprint density at radius 2 is 2.19 bits per heavy atom. The number of aliphatic carboxylic acids is 1. The first-order chi connectivity index (χ1) is 12.2. The van der Waals surface area contributed by atoms with Crippen molar-refractivity contribution in [1.29, 1.82) is 0 Å². The smallest absolute Gasteiger partial charge is 0.543 e. The summed E-state index contributed by atoms with van der Waals surface area (Å²) in [5.74, 6) is -3.27. The number of aliphatic hydroxyl groups excluding tert-OH is 1. The molecule has 1 saturated heterocycles. The molecule has 0 aromatic carbocycles. The molecule has 8 nitrogen and oxygen atoms in total. The van der Waals surface area contributed by atoms with E-state index in [0.29, 0.717) is 9.78 Å². The Labute approximate surface area is 185 Å². The Hall–Kier alpha value is -1.17. The number of hydrogen-bond donors (Lipinski definition) is 2. The van der Waals surface area contributed by atoms with Crippen LogP contribution in [0.25, 0.3) is 6.08 Å². The van der Waals surface area contributed by atoms with Crippen molar-refractivity contribution in [3.05, 3.63) is 32.1 Å². The van der Waals surface area contributed by atoms with Gasteiger partial charge >= 0.3 is 29.6 Å². The van der Waals surface area contributed by atoms with Gasteiger partial charge in [-0.2, -0.15) is 0 Å². The number of β-lactam (4-membered cyclic amide) rings is 1. The number of carboxylic acid groups (broad SMARTS) is 1. The van der Waals surface area contributed by atoms with Crippen molar-refractivity contribution in [3.63, 3.8) is 0 Å². The monoisotopic (exact) mass is 417 g/mol. The molecule has 2 aliphatic rings. The Kier molecular flexibility index (Phi) is 6.93. The van der Waals surface area contributed by atoms with Gasteiger partial charge in [-0.3, -0.25) is 9.59 Å². The third-order valence-corrected chi connectivity index (χ3v) is 6.53. The van der Waals surface area contributed by atoms with E-state index in [4.69, 9.17) is 5.73 Å². The molecule has 0 bridgehead atoms. The summed E-state index contributed by atoms with van der Waals surface area (Å²) >= 11 is 2.29. The van der Waals surface area contributed by atoms with Crippen LogP contribution in [0.2, 0.25) is 0 Å². The van der Waals surface area contributed by atoms with Crippen molar-refractivity contribution < 1.29 is 54.2 Å². The number of carbonyl (C=O) groups excluding carboxylic acids is 3. The molecular weight excluding hydrogens is 401 g/mol. The van der Waals surface area contributed by atoms with Gasteiger partial charge in [-0.05, 0) is 18.4 Å². The minimum atomic E-state index is -1.42. The van der Waals surface area contributed by atoms with Crippen LogP contribution >= 0.6 is 23.1 Å². The number of carbonyl (C=O) groups is 3. The van der Waals surface area contributed by atoms with E-state index >= 15 is 0 Å². The van der Waals surface area contributed by atoms with Crippen LogP contribution in [0.15, 0.2) is 22.2 Å². The van der Waals surface area contributed by atoms with Crippen molar-refractivity contribution in [3.8, 4) is 0 Å². The zero-order chi connectivity index (χ0) is 19.2. The zero-order valence-corrected chi connectivity index (χ0v) is 18.5. The number of thioether (sulfide) groups is 1. The molecule has 0 aliphatic carbocycles. The van der Waals surface area contributed by atoms with Gasteiger partial charge < -0.3 is 25.6 Å². The molecule has 4 atom stereocenters. The molecule has 0 radical (unpaired) electrons. The number of aromatic nitrogens is 1. The number of primary amides is 1. The molecule has 2 aliphatic heterocycles. The van der Waals surface area contributed by atoms with Crippen LogP contribution in [0.1, 0.15) is 28.5 Å². The summed E-state index contributed by atoms with van der Waals surface area (Å²) in [4.78, 5) is 41.1. The van der Waals surface area contributed by atoms with Crippen molar-refractivity contribution in [2.24, 2.45) is 17.6 Å². The molecule has 27 heavy (non-hydrogen) atoms. The van der Waals surface area contributed by atoms with Crippen LogP contribution < -0.4 is 40.4 Å². The van der Waals surface area contributed by atoms with Gasteiger partial charge in [-0.1, -0.05) is 18.7 Å². The van der Waals surface area contributed by atoms with Crippen molar-refractivity contribution in [2.75, 3.05) is 0 Å². The average Bonchev–Trinajstić information content (AvgIpc) is 3.10. The second-order valence-electron chi connectivity index (χ2n) is 6.11. The number of nitrogens with zero attached hydrogens (tertiary/aromatic N) is 2. The number of thiazole rings is 1. The minimum absolute atomic E-state index is 0. The van der Waals surface area contributed by atoms with Gasteiger partial charge in [0.15, 0.2) is 5.01 Å². The number of nitrogens with two attached hydrogens (primary N) is 1. The van der Waals surface area contributed by atoms with Crippen LogP contribution in [0, 0.1) is 11.8 Å². The Morgan fingerprint density at radius 3 is 2.70 bits per heavy atom. The van der Waals surface area contributed by atoms with Crippen LogP contribution in [0.3, 0.4) is 0 Å². The largest absolute Gasteiger partial charge is 1.00 e. The molecule has 1 aromatic rings. The van der Waals surface area contributed by atoms with Gasteiger partial charge in [0, 0.05) is 21.9 Å². The molecule has 3 N–H and O–H groups in total. The molecule has 2 amide bonds. The van der Waals surface area contributed by atoms with Crippen LogP contribution in [0.5, 0.6) is 0 Å². The second kappa shape index (κ2) is 8.46. The predicted molar refractivity (Wildman–Crippen MR) is 94.3 cm³/mol. The topological polar surface area (TPSA) is 137 Å². The Balaban J connectivity index is 0.00000261. The number of fused-ring (bicyclic) bond motifs is 1. The first kappa shape index (κ1) is 22.1. The third-order valence-electron chi connectivity index (χ3n) is 4.46. The van der Waals surface area contributed by atoms with Crippen molar-refractivity contribution in [1.82, 2.24) is 9.88 Å². The molecule has 3 rings (SSSR count). The standard InChI is InChI=1S/C16H17N3O5S2.Na/c1-6-10-9(7(2)20)15(22)19(10)11(16(23)24)12(6)25-4-3-8-5-18-14(26-8)13(17)21;/h3-7,9-10,20H,1-2H3,(H2,17,21)(H,23,24);/q;+1/p-1/b4-3-;/t6-,7-,9-,10-;/m1./s1. The van der Waals surface area contributed by atoms with Gasteiger partial charge in [0.25, 0.3) is 5.91 Å². The van der Waals surface area contributed by atoms with Gasteiger partial charge in [0.2, 0.25) is 5.91 Å². The Morgan fingerprint density at radius 1 is 1.52 bits per heavy atom. The maximum absolute atomic E-state index is 12.2. The average molecular weight is 417 g/mol. The molecule has 3 heterocycles. The van der Waals surface area contributed by atoms with E-state index in [-0.39, 0.29) is 52.2 Å². The summed E-state index contributed by atoms with van der Waals surface area (Å²) < 4.78 is 0. The second-order valence-corrected chi connectivity index (χ2v) is 8.12. The molecule has 1 fully saturated rings. The van der Waals surface area contributed by atoms with Gasteiger partial charge in [0.05, 0.1) is 29.7 Å².